The Balaban J connectivity index is 2.76. The topological polar surface area (TPSA) is 78.8 Å². The van der Waals surface area contributed by atoms with E-state index in [1.165, 1.54) is 12.1 Å². The normalized spacial score (nSPS) is 12.8. The number of anilines is 1. The summed E-state index contributed by atoms with van der Waals surface area (Å²) in [5, 5.41) is 20.3. The van der Waals surface area contributed by atoms with Gasteiger partial charge in [-0.3, -0.25) is 4.79 Å². The number of halogens is 4. The van der Waals surface area contributed by atoms with Crippen LogP contribution in [0.4, 0.5) is 18.9 Å². The molecule has 5 nitrogen and oxygen atoms in total. The van der Waals surface area contributed by atoms with Crippen LogP contribution in [0.1, 0.15) is 6.42 Å². The van der Waals surface area contributed by atoms with E-state index in [4.69, 9.17) is 5.11 Å². The number of carbonyl (C=O) groups is 1. The van der Waals surface area contributed by atoms with E-state index in [-0.39, 0.29) is 12.2 Å². The van der Waals surface area contributed by atoms with Crippen LogP contribution in [0, 0.1) is 0 Å². The summed E-state index contributed by atoms with van der Waals surface area (Å²) >= 11 is 3.01. The van der Waals surface area contributed by atoms with Gasteiger partial charge < -0.3 is 20.3 Å². The molecule has 3 N–H and O–H groups in total. The van der Waals surface area contributed by atoms with E-state index in [0.717, 1.165) is 6.07 Å². The molecule has 0 aromatic heterocycles. The summed E-state index contributed by atoms with van der Waals surface area (Å²) in [6.45, 7) is -0.220. The molecule has 0 aliphatic carbocycles. The molecular weight excluding hydrogens is 347 g/mol. The smallest absolute Gasteiger partial charge is 0.481 e. The maximum Gasteiger partial charge on any atom is 0.573 e. The van der Waals surface area contributed by atoms with Gasteiger partial charge in [0.25, 0.3) is 0 Å². The maximum atomic E-state index is 12.2. The van der Waals surface area contributed by atoms with Crippen molar-refractivity contribution < 1.29 is 32.9 Å². The van der Waals surface area contributed by atoms with Crippen LogP contribution in [0.15, 0.2) is 22.7 Å². The Hall–Kier alpha value is -1.48. The third kappa shape index (κ3) is 6.11. The number of aliphatic hydroxyl groups excluding tert-OH is 1. The van der Waals surface area contributed by atoms with Crippen molar-refractivity contribution in [1.82, 2.24) is 0 Å². The van der Waals surface area contributed by atoms with Gasteiger partial charge in [0.1, 0.15) is 0 Å². The van der Waals surface area contributed by atoms with E-state index in [9.17, 15) is 23.1 Å². The van der Waals surface area contributed by atoms with Gasteiger partial charge in [-0.05, 0) is 18.2 Å². The lowest BCUT2D eigenvalue weighted by atomic mass is 10.2. The summed E-state index contributed by atoms with van der Waals surface area (Å²) in [4.78, 5) is 10.4. The molecule has 0 bridgehead atoms. The Labute approximate surface area is 120 Å². The number of rotatable bonds is 6. The van der Waals surface area contributed by atoms with Crippen LogP contribution in [-0.4, -0.2) is 35.2 Å². The first-order valence-electron chi connectivity index (χ1n) is 5.36. The number of carboxylic acid groups (broad SMARTS) is 1. The SMILES string of the molecule is O=C(O)CC(O)CNc1ccc(Br)cc1OC(F)(F)F. The van der Waals surface area contributed by atoms with Crippen molar-refractivity contribution in [1.29, 1.82) is 0 Å². The summed E-state index contributed by atoms with van der Waals surface area (Å²) < 4.78 is 40.9. The van der Waals surface area contributed by atoms with Gasteiger partial charge in [0.05, 0.1) is 18.2 Å². The number of aliphatic hydroxyl groups is 1. The number of nitrogens with one attached hydrogen (secondary N) is 1. The molecule has 0 aliphatic rings. The summed E-state index contributed by atoms with van der Waals surface area (Å²) in [6.07, 6.45) is -6.59. The van der Waals surface area contributed by atoms with E-state index in [1.807, 2.05) is 0 Å². The van der Waals surface area contributed by atoms with Crippen LogP contribution in [-0.2, 0) is 4.79 Å². The number of alkyl halides is 3. The molecule has 0 spiro atoms. The number of ether oxygens (including phenoxy) is 1. The second kappa shape index (κ2) is 6.80. The second-order valence-corrected chi connectivity index (χ2v) is 4.74. The zero-order valence-corrected chi connectivity index (χ0v) is 11.5. The van der Waals surface area contributed by atoms with Gasteiger partial charge in [-0.2, -0.15) is 0 Å². The Morgan fingerprint density at radius 2 is 2.10 bits per heavy atom. The first kappa shape index (κ1) is 16.6. The average molecular weight is 358 g/mol. The van der Waals surface area contributed by atoms with Crippen molar-refractivity contribution >= 4 is 27.6 Å². The maximum absolute atomic E-state index is 12.2. The minimum Gasteiger partial charge on any atom is -0.481 e. The predicted molar refractivity (Wildman–Crippen MR) is 67.6 cm³/mol. The molecule has 0 saturated carbocycles. The molecule has 0 aliphatic heterocycles. The summed E-state index contributed by atoms with van der Waals surface area (Å²) in [6, 6.07) is 3.91. The van der Waals surface area contributed by atoms with E-state index in [2.05, 4.69) is 26.0 Å². The van der Waals surface area contributed by atoms with Gasteiger partial charge in [-0.1, -0.05) is 15.9 Å². The monoisotopic (exact) mass is 357 g/mol. The molecule has 0 heterocycles. The van der Waals surface area contributed by atoms with Gasteiger partial charge in [0.2, 0.25) is 0 Å². The van der Waals surface area contributed by atoms with Crippen molar-refractivity contribution in [3.8, 4) is 5.75 Å². The highest BCUT2D eigenvalue weighted by atomic mass is 79.9. The Morgan fingerprint density at radius 3 is 2.65 bits per heavy atom. The zero-order chi connectivity index (χ0) is 15.3. The number of hydrogen-bond acceptors (Lipinski definition) is 4. The molecule has 1 unspecified atom stereocenters. The van der Waals surface area contributed by atoms with Crippen molar-refractivity contribution in [2.24, 2.45) is 0 Å². The lowest BCUT2D eigenvalue weighted by Gasteiger charge is -2.16. The van der Waals surface area contributed by atoms with Crippen LogP contribution in [0.2, 0.25) is 0 Å². The number of benzene rings is 1. The Bertz CT molecular complexity index is 481. The molecule has 20 heavy (non-hydrogen) atoms. The largest absolute Gasteiger partial charge is 0.573 e. The third-order valence-electron chi connectivity index (χ3n) is 2.11. The standard InChI is InChI=1S/C11H11BrF3NO4/c12-6-1-2-8(9(3-6)20-11(13,14)15)16-5-7(17)4-10(18)19/h1-3,7,16-17H,4-5H2,(H,18,19). The van der Waals surface area contributed by atoms with Crippen molar-refractivity contribution in [3.63, 3.8) is 0 Å². The Morgan fingerprint density at radius 1 is 1.45 bits per heavy atom. The lowest BCUT2D eigenvalue weighted by molar-refractivity contribution is -0.274. The summed E-state index contributed by atoms with van der Waals surface area (Å²) in [5.41, 5.74) is -0.00466. The quantitative estimate of drug-likeness (QED) is 0.729. The van der Waals surface area contributed by atoms with Crippen LogP contribution >= 0.6 is 15.9 Å². The highest BCUT2D eigenvalue weighted by molar-refractivity contribution is 9.10. The van der Waals surface area contributed by atoms with Crippen LogP contribution in [0.5, 0.6) is 5.75 Å². The highest BCUT2D eigenvalue weighted by Gasteiger charge is 2.32. The molecule has 0 saturated heterocycles. The average Bonchev–Trinajstić information content (AvgIpc) is 2.24. The molecule has 9 heteroatoms. The number of carboxylic acids is 1. The van der Waals surface area contributed by atoms with E-state index in [1.54, 1.807) is 0 Å². The van der Waals surface area contributed by atoms with Crippen LogP contribution in [0.25, 0.3) is 0 Å². The van der Waals surface area contributed by atoms with Gasteiger partial charge in [-0.25, -0.2) is 0 Å². The summed E-state index contributed by atoms with van der Waals surface area (Å²) in [5.74, 6) is -1.68. The molecule has 0 radical (unpaired) electrons. The van der Waals surface area contributed by atoms with E-state index >= 15 is 0 Å². The first-order chi connectivity index (χ1) is 9.17. The molecular formula is C11H11BrF3NO4. The molecule has 1 atom stereocenters. The Kier molecular flexibility index (Phi) is 5.63. The lowest BCUT2D eigenvalue weighted by Crippen LogP contribution is -2.23. The van der Waals surface area contributed by atoms with E-state index < -0.39 is 30.6 Å². The van der Waals surface area contributed by atoms with Gasteiger partial charge in [0, 0.05) is 11.0 Å². The van der Waals surface area contributed by atoms with Crippen LogP contribution < -0.4 is 10.1 Å². The van der Waals surface area contributed by atoms with E-state index in [0.29, 0.717) is 4.47 Å². The van der Waals surface area contributed by atoms with Crippen molar-refractivity contribution in [2.75, 3.05) is 11.9 Å². The van der Waals surface area contributed by atoms with Gasteiger partial charge in [0.15, 0.2) is 5.75 Å². The number of aliphatic carboxylic acids is 1. The minimum atomic E-state index is -4.85. The highest BCUT2D eigenvalue weighted by Crippen LogP contribution is 2.32. The van der Waals surface area contributed by atoms with Gasteiger partial charge >= 0.3 is 12.3 Å². The molecule has 0 amide bonds. The van der Waals surface area contributed by atoms with Crippen molar-refractivity contribution in [2.45, 2.75) is 18.9 Å². The fraction of sp³-hybridized carbons (Fsp3) is 0.364. The van der Waals surface area contributed by atoms with Crippen LogP contribution in [0.3, 0.4) is 0 Å². The van der Waals surface area contributed by atoms with Crippen molar-refractivity contribution in [3.05, 3.63) is 22.7 Å². The number of hydrogen-bond donors (Lipinski definition) is 3. The molecule has 0 fully saturated rings. The fourth-order valence-corrected chi connectivity index (χ4v) is 1.69. The summed E-state index contributed by atoms with van der Waals surface area (Å²) in [7, 11) is 0. The third-order valence-corrected chi connectivity index (χ3v) is 2.60. The second-order valence-electron chi connectivity index (χ2n) is 3.82. The fourth-order valence-electron chi connectivity index (χ4n) is 1.35. The molecule has 112 valence electrons. The molecule has 1 aromatic rings. The minimum absolute atomic E-state index is 0.00466. The molecule has 1 aromatic carbocycles. The zero-order valence-electron chi connectivity index (χ0n) is 9.95. The first-order valence-corrected chi connectivity index (χ1v) is 6.15. The van der Waals surface area contributed by atoms with Gasteiger partial charge in [-0.15, -0.1) is 13.2 Å². The molecule has 1 rings (SSSR count). The predicted octanol–water partition coefficient (Wildman–Crippen LogP) is 2.60.